The first-order chi connectivity index (χ1) is 18.4. The molecule has 0 saturated carbocycles. The lowest BCUT2D eigenvalue weighted by Crippen LogP contribution is -2.39. The van der Waals surface area contributed by atoms with E-state index < -0.39 is 12.0 Å². The van der Waals surface area contributed by atoms with E-state index in [1.165, 1.54) is 11.3 Å². The number of aryl methyl sites for hydroxylation is 1. The molecule has 0 aliphatic carbocycles. The van der Waals surface area contributed by atoms with Crippen LogP contribution in [0.4, 0.5) is 0 Å². The van der Waals surface area contributed by atoms with Crippen LogP contribution in [0, 0.1) is 6.92 Å². The summed E-state index contributed by atoms with van der Waals surface area (Å²) in [6, 6.07) is 12.9. The first kappa shape index (κ1) is 27.4. The number of ether oxygens (including phenoxy) is 3. The van der Waals surface area contributed by atoms with E-state index >= 15 is 0 Å². The third-order valence-electron chi connectivity index (χ3n) is 6.23. The molecular weight excluding hydrogens is 500 g/mol. The normalized spacial score (nSPS) is 15.2. The molecule has 0 spiro atoms. The van der Waals surface area contributed by atoms with Gasteiger partial charge in [0.05, 0.1) is 41.7 Å². The van der Waals surface area contributed by atoms with Gasteiger partial charge in [0.2, 0.25) is 0 Å². The molecule has 38 heavy (non-hydrogen) atoms. The number of nitrogens with zero attached hydrogens (tertiary/aromatic N) is 2. The molecule has 0 bridgehead atoms. The number of fused-ring (bicyclic) bond motifs is 1. The Morgan fingerprint density at radius 3 is 2.47 bits per heavy atom. The van der Waals surface area contributed by atoms with Crippen molar-refractivity contribution in [3.05, 3.63) is 90.1 Å². The Morgan fingerprint density at radius 2 is 1.79 bits per heavy atom. The van der Waals surface area contributed by atoms with Crippen molar-refractivity contribution in [2.45, 2.75) is 53.5 Å². The number of hydrogen-bond donors (Lipinski definition) is 0. The van der Waals surface area contributed by atoms with E-state index in [0.717, 1.165) is 29.5 Å². The zero-order valence-electron chi connectivity index (χ0n) is 22.6. The minimum Gasteiger partial charge on any atom is -0.490 e. The van der Waals surface area contributed by atoms with Crippen LogP contribution in [0.3, 0.4) is 0 Å². The molecule has 0 unspecified atom stereocenters. The fourth-order valence-corrected chi connectivity index (χ4v) is 5.38. The molecule has 1 aliphatic rings. The van der Waals surface area contributed by atoms with E-state index in [-0.39, 0.29) is 12.2 Å². The Hall–Kier alpha value is -3.65. The maximum absolute atomic E-state index is 13.8. The van der Waals surface area contributed by atoms with Gasteiger partial charge in [-0.3, -0.25) is 9.36 Å². The van der Waals surface area contributed by atoms with Crippen molar-refractivity contribution in [2.75, 3.05) is 19.8 Å². The highest BCUT2D eigenvalue weighted by Gasteiger charge is 2.33. The van der Waals surface area contributed by atoms with Gasteiger partial charge in [-0.05, 0) is 63.5 Å². The molecule has 200 valence electrons. The van der Waals surface area contributed by atoms with Crippen molar-refractivity contribution < 1.29 is 19.0 Å². The molecule has 0 N–H and O–H groups in total. The van der Waals surface area contributed by atoms with Crippen molar-refractivity contribution in [3.63, 3.8) is 0 Å². The van der Waals surface area contributed by atoms with Crippen LogP contribution in [0.2, 0.25) is 0 Å². The van der Waals surface area contributed by atoms with Crippen LogP contribution < -0.4 is 24.4 Å². The third-order valence-corrected chi connectivity index (χ3v) is 7.21. The summed E-state index contributed by atoms with van der Waals surface area (Å²) in [5.74, 6) is 0.865. The maximum Gasteiger partial charge on any atom is 0.338 e. The van der Waals surface area contributed by atoms with Crippen LogP contribution in [0.15, 0.2) is 63.5 Å². The molecule has 0 radical (unpaired) electrons. The molecule has 0 saturated heterocycles. The minimum atomic E-state index is -0.624. The molecule has 1 aromatic heterocycles. The summed E-state index contributed by atoms with van der Waals surface area (Å²) in [5, 5.41) is 0. The number of hydrogen-bond acceptors (Lipinski definition) is 7. The van der Waals surface area contributed by atoms with Gasteiger partial charge < -0.3 is 14.2 Å². The lowest BCUT2D eigenvalue weighted by molar-refractivity contribution is -0.139. The largest absolute Gasteiger partial charge is 0.490 e. The molecule has 8 heteroatoms. The number of benzene rings is 2. The zero-order chi connectivity index (χ0) is 27.2. The molecule has 4 rings (SSSR count). The fraction of sp³-hybridized carbons (Fsp3) is 0.367. The van der Waals surface area contributed by atoms with E-state index in [4.69, 9.17) is 14.2 Å². The molecule has 2 heterocycles. The third kappa shape index (κ3) is 5.75. The van der Waals surface area contributed by atoms with Crippen LogP contribution in [0.1, 0.15) is 63.3 Å². The number of rotatable bonds is 10. The molecule has 1 atom stereocenters. The van der Waals surface area contributed by atoms with Gasteiger partial charge in [-0.1, -0.05) is 60.6 Å². The van der Waals surface area contributed by atoms with E-state index in [1.54, 1.807) is 18.4 Å². The predicted octanol–water partition coefficient (Wildman–Crippen LogP) is 4.68. The molecule has 2 aromatic carbocycles. The van der Waals surface area contributed by atoms with Gasteiger partial charge >= 0.3 is 5.97 Å². The predicted molar refractivity (Wildman–Crippen MR) is 150 cm³/mol. The molecule has 7 nitrogen and oxygen atoms in total. The second-order valence-electron chi connectivity index (χ2n) is 9.05. The van der Waals surface area contributed by atoms with Crippen LogP contribution in [-0.4, -0.2) is 30.4 Å². The van der Waals surface area contributed by atoms with Gasteiger partial charge in [-0.15, -0.1) is 0 Å². The first-order valence-electron chi connectivity index (χ1n) is 13.0. The summed E-state index contributed by atoms with van der Waals surface area (Å²) in [7, 11) is 0. The SMILES string of the molecule is CCCCOc1ccc(/C=c2/sc3n(c2=O)[C@H](c2ccc(C)cc2)C(C(=O)OCC)=C(C)N=3)cc1OCC. The Morgan fingerprint density at radius 1 is 1.03 bits per heavy atom. The highest BCUT2D eigenvalue weighted by molar-refractivity contribution is 7.07. The molecule has 3 aromatic rings. The standard InChI is InChI=1S/C30H34N2O5S/c1-6-9-16-37-23-15-12-21(17-24(23)35-7-2)18-25-28(33)32-27(22-13-10-19(4)11-14-22)26(29(34)36-8-3)20(5)31-30(32)38-25/h10-15,17-18,27H,6-9,16H2,1-5H3/b25-18+/t27-/m1/s1. The number of carbonyl (C=O) groups excluding carboxylic acids is 1. The number of allylic oxidation sites excluding steroid dienone is 1. The van der Waals surface area contributed by atoms with Crippen LogP contribution in [-0.2, 0) is 9.53 Å². The van der Waals surface area contributed by atoms with Crippen molar-refractivity contribution in [2.24, 2.45) is 4.99 Å². The van der Waals surface area contributed by atoms with Crippen LogP contribution in [0.25, 0.3) is 6.08 Å². The summed E-state index contributed by atoms with van der Waals surface area (Å²) in [5.41, 5.74) is 3.44. The van der Waals surface area contributed by atoms with Gasteiger partial charge in [0, 0.05) is 0 Å². The average molecular weight is 535 g/mol. The number of esters is 1. The summed E-state index contributed by atoms with van der Waals surface area (Å²) in [6.45, 7) is 11.0. The monoisotopic (exact) mass is 534 g/mol. The first-order valence-corrected chi connectivity index (χ1v) is 13.8. The number of unbranched alkanes of at least 4 members (excludes halogenated alkanes) is 1. The van der Waals surface area contributed by atoms with Crippen LogP contribution >= 0.6 is 11.3 Å². The number of aromatic nitrogens is 1. The lowest BCUT2D eigenvalue weighted by Gasteiger charge is -2.24. The topological polar surface area (TPSA) is 79.1 Å². The summed E-state index contributed by atoms with van der Waals surface area (Å²) < 4.78 is 19.2. The number of thiazole rings is 1. The van der Waals surface area contributed by atoms with Crippen molar-refractivity contribution >= 4 is 23.4 Å². The van der Waals surface area contributed by atoms with Crippen molar-refractivity contribution in [1.29, 1.82) is 0 Å². The van der Waals surface area contributed by atoms with Gasteiger partial charge in [0.15, 0.2) is 16.3 Å². The quantitative estimate of drug-likeness (QED) is 0.279. The minimum absolute atomic E-state index is 0.213. The maximum atomic E-state index is 13.8. The summed E-state index contributed by atoms with van der Waals surface area (Å²) in [6.07, 6.45) is 3.84. The van der Waals surface area contributed by atoms with Gasteiger partial charge in [-0.25, -0.2) is 9.79 Å². The van der Waals surface area contributed by atoms with E-state index in [0.29, 0.717) is 45.3 Å². The molecule has 1 aliphatic heterocycles. The fourth-order valence-electron chi connectivity index (χ4n) is 4.34. The Bertz CT molecular complexity index is 1520. The second kappa shape index (κ2) is 12.3. The highest BCUT2D eigenvalue weighted by Crippen LogP contribution is 2.31. The Kier molecular flexibility index (Phi) is 8.84. The van der Waals surface area contributed by atoms with Crippen LogP contribution in [0.5, 0.6) is 11.5 Å². The summed E-state index contributed by atoms with van der Waals surface area (Å²) >= 11 is 1.30. The van der Waals surface area contributed by atoms with Gasteiger partial charge in [0.1, 0.15) is 0 Å². The highest BCUT2D eigenvalue weighted by atomic mass is 32.1. The van der Waals surface area contributed by atoms with Crippen molar-refractivity contribution in [1.82, 2.24) is 4.57 Å². The molecule has 0 fully saturated rings. The van der Waals surface area contributed by atoms with Gasteiger partial charge in [0.25, 0.3) is 5.56 Å². The van der Waals surface area contributed by atoms with Crippen molar-refractivity contribution in [3.8, 4) is 11.5 Å². The van der Waals surface area contributed by atoms with E-state index in [2.05, 4.69) is 11.9 Å². The second-order valence-corrected chi connectivity index (χ2v) is 10.1. The van der Waals surface area contributed by atoms with Gasteiger partial charge in [-0.2, -0.15) is 0 Å². The molecular formula is C30H34N2O5S. The zero-order valence-corrected chi connectivity index (χ0v) is 23.4. The summed E-state index contributed by atoms with van der Waals surface area (Å²) in [4.78, 5) is 32.0. The smallest absolute Gasteiger partial charge is 0.338 e. The lowest BCUT2D eigenvalue weighted by atomic mass is 9.95. The Labute approximate surface area is 226 Å². The molecule has 0 amide bonds. The van der Waals surface area contributed by atoms with E-state index in [1.807, 2.05) is 62.4 Å². The average Bonchev–Trinajstić information content (AvgIpc) is 3.19. The number of carbonyl (C=O) groups is 1. The Balaban J connectivity index is 1.83. The van der Waals surface area contributed by atoms with E-state index in [9.17, 15) is 9.59 Å².